The molecule has 3 heteroatoms. The number of quaternary nitrogens is 1. The highest BCUT2D eigenvalue weighted by Crippen LogP contribution is 2.37. The van der Waals surface area contributed by atoms with Crippen LogP contribution >= 0.6 is 0 Å². The fraction of sp³-hybridized carbons (Fsp3) is 0.0476. The van der Waals surface area contributed by atoms with Gasteiger partial charge in [-0.1, -0.05) is 54.6 Å². The average molecular weight is 316 g/mol. The van der Waals surface area contributed by atoms with Crippen molar-refractivity contribution < 1.29 is 9.59 Å². The second kappa shape index (κ2) is 6.60. The first kappa shape index (κ1) is 15.8. The van der Waals surface area contributed by atoms with Gasteiger partial charge in [-0.3, -0.25) is 0 Å². The van der Waals surface area contributed by atoms with Gasteiger partial charge < -0.3 is 0 Å². The Morgan fingerprint density at radius 2 is 1.00 bits per heavy atom. The molecule has 0 saturated carbocycles. The van der Waals surface area contributed by atoms with Gasteiger partial charge in [0.15, 0.2) is 11.4 Å². The minimum Gasteiger partial charge on any atom is -0.230 e. The molecule has 0 spiro atoms. The summed E-state index contributed by atoms with van der Waals surface area (Å²) < 4.78 is -0.467. The van der Waals surface area contributed by atoms with Crippen LogP contribution in [0.3, 0.4) is 0 Å². The molecule has 118 valence electrons. The van der Waals surface area contributed by atoms with Crippen molar-refractivity contribution in [2.75, 3.05) is 0 Å². The second-order valence-electron chi connectivity index (χ2n) is 5.53. The maximum absolute atomic E-state index is 13.5. The monoisotopic (exact) mass is 316 g/mol. The number of carbonyl (C=O) groups excluding carboxylic acids is 2. The summed E-state index contributed by atoms with van der Waals surface area (Å²) >= 11 is 0. The van der Waals surface area contributed by atoms with Gasteiger partial charge in [0, 0.05) is 24.3 Å². The highest BCUT2D eigenvalue weighted by Gasteiger charge is 2.47. The van der Waals surface area contributed by atoms with Crippen molar-refractivity contribution in [3.63, 3.8) is 0 Å². The lowest BCUT2D eigenvalue weighted by molar-refractivity contribution is -0.123. The van der Waals surface area contributed by atoms with E-state index < -0.39 is 4.48 Å². The Balaban J connectivity index is 2.32. The lowest BCUT2D eigenvalue weighted by Crippen LogP contribution is -2.53. The molecule has 3 aromatic carbocycles. The van der Waals surface area contributed by atoms with E-state index in [1.54, 1.807) is 24.3 Å². The predicted molar refractivity (Wildman–Crippen MR) is 95.8 cm³/mol. The zero-order valence-corrected chi connectivity index (χ0v) is 13.4. The maximum atomic E-state index is 13.5. The van der Waals surface area contributed by atoms with E-state index in [0.29, 0.717) is 16.9 Å². The SMILES string of the molecule is CC(=O)[N+](C(=O)c1ccccc1)(c1ccccc1)c1ccccc1. The molecule has 0 saturated heterocycles. The number of hydrogen-bond acceptors (Lipinski definition) is 2. The van der Waals surface area contributed by atoms with Crippen LogP contribution in [0.4, 0.5) is 11.4 Å². The summed E-state index contributed by atoms with van der Waals surface area (Å²) in [5.41, 5.74) is 1.76. The zero-order valence-electron chi connectivity index (χ0n) is 13.4. The minimum atomic E-state index is -0.467. The third kappa shape index (κ3) is 2.55. The lowest BCUT2D eigenvalue weighted by Gasteiger charge is -2.31. The number of para-hydroxylation sites is 2. The van der Waals surface area contributed by atoms with Crippen LogP contribution in [0.25, 0.3) is 0 Å². The van der Waals surface area contributed by atoms with Gasteiger partial charge in [-0.15, -0.1) is 4.48 Å². The average Bonchev–Trinajstić information content (AvgIpc) is 2.64. The van der Waals surface area contributed by atoms with Crippen molar-refractivity contribution in [2.45, 2.75) is 6.92 Å². The topological polar surface area (TPSA) is 34.1 Å². The molecule has 3 nitrogen and oxygen atoms in total. The summed E-state index contributed by atoms with van der Waals surface area (Å²) in [7, 11) is 0. The second-order valence-corrected chi connectivity index (χ2v) is 5.53. The zero-order chi connectivity index (χ0) is 17.0. The Morgan fingerprint density at radius 3 is 1.38 bits per heavy atom. The highest BCUT2D eigenvalue weighted by molar-refractivity contribution is 6.19. The quantitative estimate of drug-likeness (QED) is 0.656. The molecular weight excluding hydrogens is 298 g/mol. The van der Waals surface area contributed by atoms with Crippen LogP contribution in [0.1, 0.15) is 17.3 Å². The van der Waals surface area contributed by atoms with Gasteiger partial charge >= 0.3 is 11.8 Å². The van der Waals surface area contributed by atoms with Gasteiger partial charge in [-0.25, -0.2) is 9.59 Å². The van der Waals surface area contributed by atoms with Crippen LogP contribution in [0.15, 0.2) is 91.0 Å². The van der Waals surface area contributed by atoms with Crippen molar-refractivity contribution in [2.24, 2.45) is 0 Å². The Hall–Kier alpha value is -3.04. The summed E-state index contributed by atoms with van der Waals surface area (Å²) in [5, 5.41) is 0. The van der Waals surface area contributed by atoms with E-state index in [4.69, 9.17) is 0 Å². The Labute approximate surface area is 141 Å². The highest BCUT2D eigenvalue weighted by atomic mass is 16.2. The number of hydrogen-bond donors (Lipinski definition) is 0. The molecule has 3 rings (SSSR count). The van der Waals surface area contributed by atoms with Gasteiger partial charge in [-0.05, 0) is 12.1 Å². The van der Waals surface area contributed by atoms with E-state index in [2.05, 4.69) is 0 Å². The minimum absolute atomic E-state index is 0.249. The van der Waals surface area contributed by atoms with E-state index in [0.717, 1.165) is 0 Å². The molecule has 2 amide bonds. The normalized spacial score (nSPS) is 11.0. The van der Waals surface area contributed by atoms with E-state index in [1.165, 1.54) is 6.92 Å². The van der Waals surface area contributed by atoms with Gasteiger partial charge in [0.1, 0.15) is 0 Å². The molecular formula is C21H18NO2+. The van der Waals surface area contributed by atoms with E-state index in [-0.39, 0.29) is 11.8 Å². The summed E-state index contributed by atoms with van der Waals surface area (Å²) in [6, 6.07) is 27.3. The standard InChI is InChI=1S/C21H18NO2/c1-17(23)22(19-13-7-3-8-14-19,20-15-9-4-10-16-20)21(24)18-11-5-2-6-12-18/h2-16H,1H3/q+1. The number of benzene rings is 3. The Bertz CT molecular complexity index is 803. The molecule has 0 aliphatic carbocycles. The first-order valence-corrected chi connectivity index (χ1v) is 7.78. The van der Waals surface area contributed by atoms with Crippen LogP contribution in [0, 0.1) is 0 Å². The first-order chi connectivity index (χ1) is 11.7. The van der Waals surface area contributed by atoms with Gasteiger partial charge in [0.05, 0.1) is 12.5 Å². The molecule has 0 N–H and O–H groups in total. The summed E-state index contributed by atoms with van der Waals surface area (Å²) in [6.07, 6.45) is 0. The van der Waals surface area contributed by atoms with E-state index >= 15 is 0 Å². The molecule has 0 aliphatic heterocycles. The molecule has 0 unspecified atom stereocenters. The van der Waals surface area contributed by atoms with Gasteiger partial charge in [0.2, 0.25) is 0 Å². The molecule has 0 aliphatic rings. The maximum Gasteiger partial charge on any atom is 0.363 e. The van der Waals surface area contributed by atoms with Crippen molar-refractivity contribution in [3.8, 4) is 0 Å². The third-order valence-corrected chi connectivity index (χ3v) is 4.08. The summed E-state index contributed by atoms with van der Waals surface area (Å²) in [6.45, 7) is 1.46. The molecule has 24 heavy (non-hydrogen) atoms. The van der Waals surface area contributed by atoms with E-state index in [9.17, 15) is 9.59 Å². The van der Waals surface area contributed by atoms with Gasteiger partial charge in [-0.2, -0.15) is 0 Å². The number of imide groups is 1. The fourth-order valence-electron chi connectivity index (χ4n) is 2.97. The number of amides is 2. The number of nitrogens with zero attached hydrogens (tertiary/aromatic N) is 1. The van der Waals surface area contributed by atoms with Crippen LogP contribution < -0.4 is 4.48 Å². The van der Waals surface area contributed by atoms with Gasteiger partial charge in [0.25, 0.3) is 0 Å². The molecule has 0 heterocycles. The van der Waals surface area contributed by atoms with Crippen LogP contribution in [0.2, 0.25) is 0 Å². The van der Waals surface area contributed by atoms with Crippen molar-refractivity contribution in [1.82, 2.24) is 4.48 Å². The fourth-order valence-corrected chi connectivity index (χ4v) is 2.97. The largest absolute Gasteiger partial charge is 0.363 e. The molecule has 0 fully saturated rings. The van der Waals surface area contributed by atoms with Crippen LogP contribution in [-0.2, 0) is 4.79 Å². The third-order valence-electron chi connectivity index (χ3n) is 4.08. The van der Waals surface area contributed by atoms with Crippen molar-refractivity contribution in [3.05, 3.63) is 96.6 Å². The summed E-state index contributed by atoms with van der Waals surface area (Å²) in [4.78, 5) is 26.3. The van der Waals surface area contributed by atoms with Crippen molar-refractivity contribution >= 4 is 23.2 Å². The van der Waals surface area contributed by atoms with E-state index in [1.807, 2.05) is 66.7 Å². The Kier molecular flexibility index (Phi) is 4.36. The molecule has 0 radical (unpaired) electrons. The molecule has 0 bridgehead atoms. The van der Waals surface area contributed by atoms with Crippen LogP contribution in [-0.4, -0.2) is 11.8 Å². The first-order valence-electron chi connectivity index (χ1n) is 7.78. The smallest absolute Gasteiger partial charge is 0.230 e. The summed E-state index contributed by atoms with van der Waals surface area (Å²) in [5.74, 6) is -0.512. The predicted octanol–water partition coefficient (Wildman–Crippen LogP) is 4.71. The lowest BCUT2D eigenvalue weighted by atomic mass is 10.1. The van der Waals surface area contributed by atoms with Crippen LogP contribution in [0.5, 0.6) is 0 Å². The molecule has 3 aromatic rings. The van der Waals surface area contributed by atoms with Crippen molar-refractivity contribution in [1.29, 1.82) is 0 Å². The number of carbonyl (C=O) groups is 2. The molecule has 0 aromatic heterocycles. The Morgan fingerprint density at radius 1 is 0.625 bits per heavy atom. The number of rotatable bonds is 3. The molecule has 0 atom stereocenters.